The molecule has 1 aliphatic heterocycles. The van der Waals surface area contributed by atoms with Crippen molar-refractivity contribution in [3.05, 3.63) is 0 Å². The molecular formula is C11H22N2O4S. The van der Waals surface area contributed by atoms with E-state index in [1.807, 2.05) is 6.92 Å². The van der Waals surface area contributed by atoms with Crippen LogP contribution in [0.3, 0.4) is 0 Å². The molecule has 0 spiro atoms. The zero-order valence-electron chi connectivity index (χ0n) is 11.2. The lowest BCUT2D eigenvalue weighted by atomic mass is 9.77. The molecule has 1 rings (SSSR count). The maximum absolute atomic E-state index is 12.1. The fourth-order valence-electron chi connectivity index (χ4n) is 2.48. The molecule has 0 saturated carbocycles. The summed E-state index contributed by atoms with van der Waals surface area (Å²) in [6, 6.07) is 0. The quantitative estimate of drug-likeness (QED) is 0.805. The number of hydrogen-bond acceptors (Lipinski definition) is 3. The third kappa shape index (κ3) is 2.84. The molecular weight excluding hydrogens is 256 g/mol. The molecule has 1 aliphatic rings. The normalized spacial score (nSPS) is 26.4. The molecule has 0 radical (unpaired) electrons. The highest BCUT2D eigenvalue weighted by Crippen LogP contribution is 2.36. The van der Waals surface area contributed by atoms with Gasteiger partial charge >= 0.3 is 5.97 Å². The maximum Gasteiger partial charge on any atom is 0.310 e. The topological polar surface area (TPSA) is 77.9 Å². The SMILES string of the molecule is CCCC1(C(=O)O)CCCN(S(=O)(=O)N(C)C)C1. The van der Waals surface area contributed by atoms with Crippen molar-refractivity contribution >= 4 is 16.2 Å². The minimum Gasteiger partial charge on any atom is -0.481 e. The van der Waals surface area contributed by atoms with E-state index in [-0.39, 0.29) is 6.54 Å². The van der Waals surface area contributed by atoms with Gasteiger partial charge < -0.3 is 5.11 Å². The van der Waals surface area contributed by atoms with Crippen molar-refractivity contribution in [3.8, 4) is 0 Å². The van der Waals surface area contributed by atoms with Crippen molar-refractivity contribution in [2.45, 2.75) is 32.6 Å². The summed E-state index contributed by atoms with van der Waals surface area (Å²) < 4.78 is 26.5. The molecule has 0 aliphatic carbocycles. The summed E-state index contributed by atoms with van der Waals surface area (Å²) in [6.45, 7) is 2.40. The van der Waals surface area contributed by atoms with Crippen molar-refractivity contribution < 1.29 is 18.3 Å². The highest BCUT2D eigenvalue weighted by molar-refractivity contribution is 7.86. The van der Waals surface area contributed by atoms with Gasteiger partial charge in [0.2, 0.25) is 0 Å². The number of aliphatic carboxylic acids is 1. The van der Waals surface area contributed by atoms with Gasteiger partial charge in [-0.05, 0) is 19.3 Å². The Kier molecular flexibility index (Phi) is 4.74. The van der Waals surface area contributed by atoms with Crippen molar-refractivity contribution in [1.29, 1.82) is 0 Å². The van der Waals surface area contributed by atoms with Crippen LogP contribution in [0.15, 0.2) is 0 Å². The largest absolute Gasteiger partial charge is 0.481 e. The van der Waals surface area contributed by atoms with Crippen LogP contribution >= 0.6 is 0 Å². The van der Waals surface area contributed by atoms with Gasteiger partial charge in [-0.15, -0.1) is 0 Å². The van der Waals surface area contributed by atoms with Crippen LogP contribution in [-0.4, -0.2) is 55.3 Å². The van der Waals surface area contributed by atoms with E-state index in [2.05, 4.69) is 0 Å². The summed E-state index contributed by atoms with van der Waals surface area (Å²) in [6.07, 6.45) is 2.40. The van der Waals surface area contributed by atoms with E-state index in [1.165, 1.54) is 18.4 Å². The Hall–Kier alpha value is -0.660. The molecule has 0 aromatic heterocycles. The van der Waals surface area contributed by atoms with E-state index in [4.69, 9.17) is 0 Å². The van der Waals surface area contributed by atoms with E-state index in [0.717, 1.165) is 10.7 Å². The summed E-state index contributed by atoms with van der Waals surface area (Å²) in [4.78, 5) is 11.5. The number of rotatable bonds is 5. The minimum absolute atomic E-state index is 0.0800. The van der Waals surface area contributed by atoms with Gasteiger partial charge in [0, 0.05) is 27.2 Å². The Labute approximate surface area is 109 Å². The molecule has 0 bridgehead atoms. The second-order valence-corrected chi connectivity index (χ2v) is 7.21. The molecule has 0 amide bonds. The van der Waals surface area contributed by atoms with Gasteiger partial charge in [0.15, 0.2) is 0 Å². The van der Waals surface area contributed by atoms with Crippen LogP contribution in [0.5, 0.6) is 0 Å². The molecule has 18 heavy (non-hydrogen) atoms. The van der Waals surface area contributed by atoms with Gasteiger partial charge in [-0.25, -0.2) is 0 Å². The first-order chi connectivity index (χ1) is 8.26. The van der Waals surface area contributed by atoms with Crippen LogP contribution < -0.4 is 0 Å². The molecule has 106 valence electrons. The van der Waals surface area contributed by atoms with Crippen molar-refractivity contribution in [2.24, 2.45) is 5.41 Å². The van der Waals surface area contributed by atoms with Gasteiger partial charge in [0.25, 0.3) is 10.2 Å². The number of carbonyl (C=O) groups is 1. The molecule has 1 atom stereocenters. The van der Waals surface area contributed by atoms with Gasteiger partial charge in [-0.1, -0.05) is 13.3 Å². The monoisotopic (exact) mass is 278 g/mol. The maximum atomic E-state index is 12.1. The number of carboxylic acids is 1. The van der Waals surface area contributed by atoms with Crippen LogP contribution in [0.1, 0.15) is 32.6 Å². The number of piperidine rings is 1. The van der Waals surface area contributed by atoms with Crippen LogP contribution in [-0.2, 0) is 15.0 Å². The molecule has 7 heteroatoms. The Bertz CT molecular complexity index is 403. The lowest BCUT2D eigenvalue weighted by Crippen LogP contribution is -2.52. The second-order valence-electron chi connectivity index (χ2n) is 5.06. The van der Waals surface area contributed by atoms with Crippen molar-refractivity contribution in [1.82, 2.24) is 8.61 Å². The van der Waals surface area contributed by atoms with Gasteiger partial charge in [-0.2, -0.15) is 17.0 Å². The average Bonchev–Trinajstić information content (AvgIpc) is 2.29. The van der Waals surface area contributed by atoms with E-state index in [0.29, 0.717) is 25.8 Å². The molecule has 1 fully saturated rings. The smallest absolute Gasteiger partial charge is 0.310 e. The first-order valence-corrected chi connectivity index (χ1v) is 7.57. The third-order valence-corrected chi connectivity index (χ3v) is 5.40. The highest BCUT2D eigenvalue weighted by atomic mass is 32.2. The molecule has 0 aromatic carbocycles. The van der Waals surface area contributed by atoms with Crippen molar-refractivity contribution in [3.63, 3.8) is 0 Å². The van der Waals surface area contributed by atoms with E-state index in [9.17, 15) is 18.3 Å². The zero-order valence-corrected chi connectivity index (χ0v) is 12.0. The molecule has 0 aromatic rings. The summed E-state index contributed by atoms with van der Waals surface area (Å²) in [5.74, 6) is -0.886. The fraction of sp³-hybridized carbons (Fsp3) is 0.909. The minimum atomic E-state index is -3.52. The Morgan fingerprint density at radius 3 is 2.50 bits per heavy atom. The van der Waals surface area contributed by atoms with Crippen molar-refractivity contribution in [2.75, 3.05) is 27.2 Å². The number of hydrogen-bond donors (Lipinski definition) is 1. The number of carboxylic acid groups (broad SMARTS) is 1. The summed E-state index contributed by atoms with van der Waals surface area (Å²) >= 11 is 0. The first kappa shape index (κ1) is 15.4. The van der Waals surface area contributed by atoms with Gasteiger partial charge in [-0.3, -0.25) is 4.79 Å². The fourth-order valence-corrected chi connectivity index (χ4v) is 3.71. The van der Waals surface area contributed by atoms with E-state index >= 15 is 0 Å². The molecule has 1 N–H and O–H groups in total. The second kappa shape index (κ2) is 5.54. The summed E-state index contributed by atoms with van der Waals surface area (Å²) in [5.41, 5.74) is -0.921. The zero-order chi connectivity index (χ0) is 14.0. The first-order valence-electron chi connectivity index (χ1n) is 6.17. The van der Waals surface area contributed by atoms with Crippen LogP contribution in [0.2, 0.25) is 0 Å². The summed E-state index contributed by atoms with van der Waals surface area (Å²) in [7, 11) is -0.591. The Morgan fingerprint density at radius 1 is 1.44 bits per heavy atom. The third-order valence-electron chi connectivity index (χ3n) is 3.51. The lowest BCUT2D eigenvalue weighted by Gasteiger charge is -2.39. The molecule has 1 unspecified atom stereocenters. The van der Waals surface area contributed by atoms with E-state index in [1.54, 1.807) is 0 Å². The van der Waals surface area contributed by atoms with Gasteiger partial charge in [0.05, 0.1) is 5.41 Å². The Balaban J connectivity index is 2.98. The average molecular weight is 278 g/mol. The Morgan fingerprint density at radius 2 is 2.06 bits per heavy atom. The lowest BCUT2D eigenvalue weighted by molar-refractivity contribution is -0.152. The molecule has 6 nitrogen and oxygen atoms in total. The number of nitrogens with zero attached hydrogens (tertiary/aromatic N) is 2. The predicted octanol–water partition coefficient (Wildman–Crippen LogP) is 0.760. The van der Waals surface area contributed by atoms with Crippen LogP contribution in [0.25, 0.3) is 0 Å². The standard InChI is InChI=1S/C11H22N2O4S/c1-4-6-11(10(14)15)7-5-8-13(9-11)18(16,17)12(2)3/h4-9H2,1-3H3,(H,14,15). The van der Waals surface area contributed by atoms with Gasteiger partial charge in [0.1, 0.15) is 0 Å². The summed E-state index contributed by atoms with van der Waals surface area (Å²) in [5, 5.41) is 9.41. The van der Waals surface area contributed by atoms with Crippen LogP contribution in [0, 0.1) is 5.41 Å². The molecule has 1 saturated heterocycles. The molecule has 1 heterocycles. The van der Waals surface area contributed by atoms with Crippen LogP contribution in [0.4, 0.5) is 0 Å². The predicted molar refractivity (Wildman–Crippen MR) is 68.4 cm³/mol. The highest BCUT2D eigenvalue weighted by Gasteiger charge is 2.44. The van der Waals surface area contributed by atoms with E-state index < -0.39 is 21.6 Å².